The SMILES string of the molecule is Cc1nn(-c2ccccc2)c(C)c1S(=O)(=O)Nc1cc(-c2c(O)ccc3ccccc23)c(O)c2ccccc12. The second-order valence-electron chi connectivity index (χ2n) is 9.40. The van der Waals surface area contributed by atoms with Gasteiger partial charge < -0.3 is 10.2 Å². The van der Waals surface area contributed by atoms with E-state index in [0.717, 1.165) is 16.5 Å². The average Bonchev–Trinajstić information content (AvgIpc) is 3.25. The topological polar surface area (TPSA) is 104 Å². The Balaban J connectivity index is 1.55. The molecule has 1 aromatic heterocycles. The lowest BCUT2D eigenvalue weighted by atomic mass is 9.93. The molecule has 0 spiro atoms. The number of phenolic OH excluding ortho intramolecular Hbond substituents is 2. The quantitative estimate of drug-likeness (QED) is 0.214. The third-order valence-corrected chi connectivity index (χ3v) is 8.55. The number of nitrogens with one attached hydrogen (secondary N) is 1. The lowest BCUT2D eigenvalue weighted by Gasteiger charge is -2.17. The Morgan fingerprint density at radius 2 is 1.41 bits per heavy atom. The molecule has 0 saturated carbocycles. The van der Waals surface area contributed by atoms with Crippen LogP contribution in [-0.2, 0) is 10.0 Å². The van der Waals surface area contributed by atoms with Crippen molar-refractivity contribution in [3.8, 4) is 28.3 Å². The average molecular weight is 536 g/mol. The molecule has 6 rings (SSSR count). The van der Waals surface area contributed by atoms with Crippen LogP contribution in [-0.4, -0.2) is 28.4 Å². The van der Waals surface area contributed by atoms with Crippen molar-refractivity contribution in [1.82, 2.24) is 9.78 Å². The lowest BCUT2D eigenvalue weighted by Crippen LogP contribution is -2.15. The molecule has 7 nitrogen and oxygen atoms in total. The van der Waals surface area contributed by atoms with Crippen LogP contribution in [0.3, 0.4) is 0 Å². The summed E-state index contributed by atoms with van der Waals surface area (Å²) in [6.45, 7) is 3.38. The van der Waals surface area contributed by atoms with Gasteiger partial charge in [-0.15, -0.1) is 0 Å². The second-order valence-corrected chi connectivity index (χ2v) is 11.0. The first kappa shape index (κ1) is 24.5. The number of aromatic hydroxyl groups is 2. The van der Waals surface area contributed by atoms with Gasteiger partial charge in [-0.3, -0.25) is 4.72 Å². The van der Waals surface area contributed by atoms with Crippen LogP contribution in [0.1, 0.15) is 11.4 Å². The Morgan fingerprint density at radius 1 is 0.769 bits per heavy atom. The molecule has 0 saturated heterocycles. The van der Waals surface area contributed by atoms with E-state index < -0.39 is 10.0 Å². The number of aromatic nitrogens is 2. The number of sulfonamides is 1. The highest BCUT2D eigenvalue weighted by molar-refractivity contribution is 7.92. The zero-order valence-corrected chi connectivity index (χ0v) is 22.1. The van der Waals surface area contributed by atoms with Crippen LogP contribution in [0.5, 0.6) is 11.5 Å². The normalized spacial score (nSPS) is 11.7. The Hall–Kier alpha value is -4.82. The zero-order valence-electron chi connectivity index (χ0n) is 21.3. The van der Waals surface area contributed by atoms with E-state index in [-0.39, 0.29) is 22.1 Å². The molecule has 0 unspecified atom stereocenters. The number of hydrogen-bond acceptors (Lipinski definition) is 5. The smallest absolute Gasteiger partial charge is 0.265 e. The predicted molar refractivity (Wildman–Crippen MR) is 154 cm³/mol. The van der Waals surface area contributed by atoms with Gasteiger partial charge in [0, 0.05) is 21.9 Å². The molecule has 0 aliphatic carbocycles. The van der Waals surface area contributed by atoms with Crippen LogP contribution in [0.4, 0.5) is 5.69 Å². The van der Waals surface area contributed by atoms with Crippen LogP contribution in [0.15, 0.2) is 102 Å². The number of para-hydroxylation sites is 1. The van der Waals surface area contributed by atoms with Gasteiger partial charge in [-0.1, -0.05) is 72.8 Å². The van der Waals surface area contributed by atoms with Gasteiger partial charge in [0.25, 0.3) is 10.0 Å². The predicted octanol–water partition coefficient (Wildman–Crippen LogP) is 6.67. The highest BCUT2D eigenvalue weighted by Crippen LogP contribution is 2.46. The molecule has 0 radical (unpaired) electrons. The maximum Gasteiger partial charge on any atom is 0.265 e. The molecular formula is C31H25N3O4S. The Labute approximate surface area is 225 Å². The fourth-order valence-corrected chi connectivity index (χ4v) is 6.68. The summed E-state index contributed by atoms with van der Waals surface area (Å²) in [5.74, 6) is -0.0756. The van der Waals surface area contributed by atoms with E-state index in [1.807, 2.05) is 54.6 Å². The molecule has 0 fully saturated rings. The molecule has 194 valence electrons. The van der Waals surface area contributed by atoms with Crippen molar-refractivity contribution in [1.29, 1.82) is 0 Å². The van der Waals surface area contributed by atoms with E-state index in [2.05, 4.69) is 9.82 Å². The van der Waals surface area contributed by atoms with Crippen molar-refractivity contribution in [3.05, 3.63) is 108 Å². The molecule has 0 aliphatic rings. The minimum absolute atomic E-state index is 0.0242. The molecule has 1 heterocycles. The van der Waals surface area contributed by atoms with Crippen molar-refractivity contribution >= 4 is 37.3 Å². The Kier molecular flexibility index (Phi) is 5.77. The number of fused-ring (bicyclic) bond motifs is 2. The highest BCUT2D eigenvalue weighted by Gasteiger charge is 2.27. The van der Waals surface area contributed by atoms with E-state index in [9.17, 15) is 18.6 Å². The largest absolute Gasteiger partial charge is 0.507 e. The van der Waals surface area contributed by atoms with Crippen LogP contribution >= 0.6 is 0 Å². The van der Waals surface area contributed by atoms with Crippen molar-refractivity contribution in [3.63, 3.8) is 0 Å². The number of rotatable bonds is 5. The minimum atomic E-state index is -4.10. The molecular weight excluding hydrogens is 510 g/mol. The van der Waals surface area contributed by atoms with E-state index in [4.69, 9.17) is 0 Å². The summed E-state index contributed by atoms with van der Waals surface area (Å²) in [6.07, 6.45) is 0. The van der Waals surface area contributed by atoms with E-state index in [1.165, 1.54) is 0 Å². The number of nitrogens with zero attached hydrogens (tertiary/aromatic N) is 2. The van der Waals surface area contributed by atoms with Crippen LogP contribution in [0.25, 0.3) is 38.4 Å². The van der Waals surface area contributed by atoms with Crippen molar-refractivity contribution in [2.75, 3.05) is 4.72 Å². The fraction of sp³-hybridized carbons (Fsp3) is 0.0645. The summed E-state index contributed by atoms with van der Waals surface area (Å²) in [7, 11) is -4.10. The first-order valence-corrected chi connectivity index (χ1v) is 13.8. The summed E-state index contributed by atoms with van der Waals surface area (Å²) in [6, 6.07) is 28.8. The third-order valence-electron chi connectivity index (χ3n) is 6.93. The number of phenols is 2. The van der Waals surface area contributed by atoms with E-state index in [0.29, 0.717) is 33.3 Å². The van der Waals surface area contributed by atoms with Gasteiger partial charge in [0.05, 0.1) is 22.8 Å². The molecule has 0 bridgehead atoms. The van der Waals surface area contributed by atoms with Gasteiger partial charge in [0.15, 0.2) is 0 Å². The van der Waals surface area contributed by atoms with Gasteiger partial charge in [0.1, 0.15) is 16.4 Å². The van der Waals surface area contributed by atoms with Crippen molar-refractivity contribution < 1.29 is 18.6 Å². The maximum atomic E-state index is 13.9. The standard InChI is InChI=1S/C31H25N3O4S/c1-19-31(20(2)34(32-19)22-11-4-3-5-12-22)39(37,38)33-27-18-26(30(36)25-15-9-8-14-24(25)27)29-23-13-7-6-10-21(23)16-17-28(29)35/h3-18,33,35-36H,1-2H3. The summed E-state index contributed by atoms with van der Waals surface area (Å²) in [4.78, 5) is 0.0815. The van der Waals surface area contributed by atoms with Crippen LogP contribution < -0.4 is 4.72 Å². The van der Waals surface area contributed by atoms with E-state index >= 15 is 0 Å². The van der Waals surface area contributed by atoms with Crippen LogP contribution in [0, 0.1) is 13.8 Å². The molecule has 6 aromatic rings. The van der Waals surface area contributed by atoms with Crippen molar-refractivity contribution in [2.45, 2.75) is 18.7 Å². The van der Waals surface area contributed by atoms with E-state index in [1.54, 1.807) is 61.0 Å². The molecule has 0 atom stereocenters. The Morgan fingerprint density at radius 3 is 2.15 bits per heavy atom. The highest BCUT2D eigenvalue weighted by atomic mass is 32.2. The maximum absolute atomic E-state index is 13.9. The number of aryl methyl sites for hydroxylation is 1. The third kappa shape index (κ3) is 4.06. The molecule has 8 heteroatoms. The molecule has 39 heavy (non-hydrogen) atoms. The number of benzene rings is 5. The molecule has 0 aliphatic heterocycles. The Bertz CT molecular complexity index is 2000. The first-order chi connectivity index (χ1) is 18.8. The minimum Gasteiger partial charge on any atom is -0.507 e. The van der Waals surface area contributed by atoms with Gasteiger partial charge in [-0.25, -0.2) is 13.1 Å². The molecule has 0 amide bonds. The van der Waals surface area contributed by atoms with Gasteiger partial charge >= 0.3 is 0 Å². The summed E-state index contributed by atoms with van der Waals surface area (Å²) in [5, 5.41) is 29.3. The van der Waals surface area contributed by atoms with Gasteiger partial charge in [-0.2, -0.15) is 5.10 Å². The van der Waals surface area contributed by atoms with Gasteiger partial charge in [-0.05, 0) is 48.9 Å². The number of anilines is 1. The monoisotopic (exact) mass is 535 g/mol. The lowest BCUT2D eigenvalue weighted by molar-refractivity contribution is 0.472. The fourth-order valence-electron chi connectivity index (χ4n) is 5.21. The molecule has 3 N–H and O–H groups in total. The summed E-state index contributed by atoms with van der Waals surface area (Å²) >= 11 is 0. The zero-order chi connectivity index (χ0) is 27.3. The first-order valence-electron chi connectivity index (χ1n) is 12.4. The molecule has 5 aromatic carbocycles. The summed E-state index contributed by atoms with van der Waals surface area (Å²) < 4.78 is 32.1. The number of hydrogen-bond donors (Lipinski definition) is 3. The van der Waals surface area contributed by atoms with Crippen LogP contribution in [0.2, 0.25) is 0 Å². The second kappa shape index (κ2) is 9.18. The summed E-state index contributed by atoms with van der Waals surface area (Å²) in [5.41, 5.74) is 2.59. The van der Waals surface area contributed by atoms with Crippen molar-refractivity contribution in [2.24, 2.45) is 0 Å². The van der Waals surface area contributed by atoms with Gasteiger partial charge in [0.2, 0.25) is 0 Å².